The van der Waals surface area contributed by atoms with E-state index in [2.05, 4.69) is 20.2 Å². The third-order valence-corrected chi connectivity index (χ3v) is 5.79. The number of thiazole rings is 2. The van der Waals surface area contributed by atoms with E-state index >= 15 is 0 Å². The molecular formula is C18H16N6OS2. The number of hydrogen-bond acceptors (Lipinski definition) is 8. The second-order valence-corrected chi connectivity index (χ2v) is 7.74. The van der Waals surface area contributed by atoms with Gasteiger partial charge in [-0.1, -0.05) is 30.3 Å². The minimum atomic E-state index is -0.286. The van der Waals surface area contributed by atoms with Crippen molar-refractivity contribution in [1.29, 1.82) is 5.41 Å². The summed E-state index contributed by atoms with van der Waals surface area (Å²) in [5.74, 6) is 0.798. The number of ether oxygens (including phenoxy) is 1. The Labute approximate surface area is 163 Å². The lowest BCUT2D eigenvalue weighted by Crippen LogP contribution is -2.09. The molecule has 9 heteroatoms. The lowest BCUT2D eigenvalue weighted by molar-refractivity contribution is 0.296. The van der Waals surface area contributed by atoms with Gasteiger partial charge in [0.25, 0.3) is 0 Å². The van der Waals surface area contributed by atoms with E-state index in [-0.39, 0.29) is 5.92 Å². The number of benzene rings is 1. The highest BCUT2D eigenvalue weighted by molar-refractivity contribution is 7.16. The van der Waals surface area contributed by atoms with Crippen LogP contribution in [0.3, 0.4) is 0 Å². The van der Waals surface area contributed by atoms with Gasteiger partial charge in [-0.25, -0.2) is 15.0 Å². The van der Waals surface area contributed by atoms with Gasteiger partial charge in [-0.05, 0) is 12.5 Å². The van der Waals surface area contributed by atoms with Crippen molar-refractivity contribution in [1.82, 2.24) is 25.1 Å². The Kier molecular flexibility index (Phi) is 5.03. The molecule has 0 fully saturated rings. The quantitative estimate of drug-likeness (QED) is 0.457. The molecule has 0 spiro atoms. The minimum absolute atomic E-state index is 0.286. The number of nitrogens with zero attached hydrogens (tertiary/aromatic N) is 4. The lowest BCUT2D eigenvalue weighted by Gasteiger charge is -2.09. The highest BCUT2D eigenvalue weighted by Gasteiger charge is 2.27. The average Bonchev–Trinajstić information content (AvgIpc) is 3.43. The first-order valence-corrected chi connectivity index (χ1v) is 9.89. The van der Waals surface area contributed by atoms with E-state index in [0.717, 1.165) is 20.5 Å². The summed E-state index contributed by atoms with van der Waals surface area (Å²) in [5, 5.41) is 18.5. The van der Waals surface area contributed by atoms with Gasteiger partial charge in [-0.2, -0.15) is 5.10 Å². The molecule has 1 atom stereocenters. The molecule has 0 saturated heterocycles. The molecule has 1 unspecified atom stereocenters. The summed E-state index contributed by atoms with van der Waals surface area (Å²) in [7, 11) is 0. The van der Waals surface area contributed by atoms with Crippen molar-refractivity contribution in [2.45, 2.75) is 19.4 Å². The Hall–Kier alpha value is -2.91. The molecule has 0 saturated carbocycles. The summed E-state index contributed by atoms with van der Waals surface area (Å²) in [4.78, 5) is 14.1. The van der Waals surface area contributed by atoms with Gasteiger partial charge < -0.3 is 10.1 Å². The van der Waals surface area contributed by atoms with Crippen LogP contribution in [-0.4, -0.2) is 30.9 Å². The van der Waals surface area contributed by atoms with Crippen LogP contribution in [0.4, 0.5) is 0 Å². The highest BCUT2D eigenvalue weighted by atomic mass is 32.1. The topological polar surface area (TPSA) is 100 Å². The molecule has 0 aliphatic heterocycles. The second-order valence-electron chi connectivity index (χ2n) is 5.78. The van der Waals surface area contributed by atoms with E-state index in [1.807, 2.05) is 35.7 Å². The third kappa shape index (κ3) is 3.79. The number of rotatable bonds is 7. The molecule has 27 heavy (non-hydrogen) atoms. The van der Waals surface area contributed by atoms with E-state index < -0.39 is 0 Å². The Morgan fingerprint density at radius 3 is 2.74 bits per heavy atom. The van der Waals surface area contributed by atoms with Crippen LogP contribution in [0.2, 0.25) is 0 Å². The van der Waals surface area contributed by atoms with E-state index in [1.54, 1.807) is 13.1 Å². The Morgan fingerprint density at radius 2 is 2.07 bits per heavy atom. The first kappa shape index (κ1) is 17.5. The maximum atomic E-state index is 8.21. The van der Waals surface area contributed by atoms with Crippen LogP contribution in [0, 0.1) is 5.41 Å². The van der Waals surface area contributed by atoms with Gasteiger partial charge in [0, 0.05) is 17.3 Å². The van der Waals surface area contributed by atoms with Crippen molar-refractivity contribution in [3.8, 4) is 16.6 Å². The molecule has 0 aliphatic carbocycles. The molecule has 2 N–H and O–H groups in total. The number of H-pyrrole nitrogens is 1. The maximum absolute atomic E-state index is 8.21. The predicted octanol–water partition coefficient (Wildman–Crippen LogP) is 4.14. The fourth-order valence-electron chi connectivity index (χ4n) is 2.59. The van der Waals surface area contributed by atoms with E-state index in [9.17, 15) is 0 Å². The summed E-state index contributed by atoms with van der Waals surface area (Å²) < 4.78 is 6.00. The van der Waals surface area contributed by atoms with Gasteiger partial charge in [-0.15, -0.1) is 22.7 Å². The van der Waals surface area contributed by atoms with Crippen molar-refractivity contribution in [3.05, 3.63) is 63.8 Å². The molecule has 0 radical (unpaired) electrons. The summed E-state index contributed by atoms with van der Waals surface area (Å²) in [6.07, 6.45) is 3.20. The molecule has 3 heterocycles. The molecule has 4 rings (SSSR count). The molecule has 0 bridgehead atoms. The maximum Gasteiger partial charge on any atom is 0.236 e. The first-order chi connectivity index (χ1) is 13.2. The fourth-order valence-corrected chi connectivity index (χ4v) is 4.60. The monoisotopic (exact) mass is 396 g/mol. The van der Waals surface area contributed by atoms with Crippen LogP contribution in [0.15, 0.2) is 48.2 Å². The zero-order valence-corrected chi connectivity index (χ0v) is 16.0. The minimum Gasteiger partial charge on any atom is -0.472 e. The van der Waals surface area contributed by atoms with E-state index in [1.165, 1.54) is 29.0 Å². The van der Waals surface area contributed by atoms with Crippen molar-refractivity contribution in [2.75, 3.05) is 0 Å². The summed E-state index contributed by atoms with van der Waals surface area (Å²) in [6, 6.07) is 9.91. The van der Waals surface area contributed by atoms with Crippen LogP contribution in [0.1, 0.15) is 28.4 Å². The van der Waals surface area contributed by atoms with Crippen LogP contribution >= 0.6 is 22.7 Å². The van der Waals surface area contributed by atoms with Gasteiger partial charge in [-0.3, -0.25) is 5.10 Å². The molecule has 4 aromatic rings. The second kappa shape index (κ2) is 7.77. The Balaban J connectivity index is 1.70. The molecule has 7 nitrogen and oxygen atoms in total. The normalized spacial score (nSPS) is 12.0. The van der Waals surface area contributed by atoms with E-state index in [0.29, 0.717) is 24.0 Å². The predicted molar refractivity (Wildman–Crippen MR) is 106 cm³/mol. The summed E-state index contributed by atoms with van der Waals surface area (Å²) in [5.41, 5.74) is 1.53. The molecule has 0 aliphatic rings. The van der Waals surface area contributed by atoms with Crippen molar-refractivity contribution >= 4 is 28.4 Å². The molecule has 1 aromatic carbocycles. The fraction of sp³-hybridized carbons (Fsp3) is 0.167. The van der Waals surface area contributed by atoms with Crippen molar-refractivity contribution in [3.63, 3.8) is 0 Å². The van der Waals surface area contributed by atoms with E-state index in [4.69, 9.17) is 15.1 Å². The number of nitrogens with one attached hydrogen (secondary N) is 2. The van der Waals surface area contributed by atoms with Gasteiger partial charge in [0.05, 0.1) is 0 Å². The SMILES string of the molecule is CC(=N)C(c1nccs1)c1nc(OCc2ccccc2)c(-c2ncn[nH]2)s1. The van der Waals surface area contributed by atoms with Crippen LogP contribution in [0.25, 0.3) is 10.7 Å². The highest BCUT2D eigenvalue weighted by Crippen LogP contribution is 2.39. The van der Waals surface area contributed by atoms with Crippen LogP contribution in [-0.2, 0) is 6.61 Å². The Morgan fingerprint density at radius 1 is 1.22 bits per heavy atom. The summed E-state index contributed by atoms with van der Waals surface area (Å²) >= 11 is 2.96. The third-order valence-electron chi connectivity index (χ3n) is 3.84. The average molecular weight is 397 g/mol. The largest absolute Gasteiger partial charge is 0.472 e. The zero-order valence-electron chi connectivity index (χ0n) is 14.4. The lowest BCUT2D eigenvalue weighted by atomic mass is 10.1. The summed E-state index contributed by atoms with van der Waals surface area (Å²) in [6.45, 7) is 2.17. The van der Waals surface area contributed by atoms with Gasteiger partial charge >= 0.3 is 0 Å². The van der Waals surface area contributed by atoms with Gasteiger partial charge in [0.2, 0.25) is 5.88 Å². The van der Waals surface area contributed by atoms with Crippen molar-refractivity contribution < 1.29 is 4.74 Å². The van der Waals surface area contributed by atoms with Crippen LogP contribution < -0.4 is 4.74 Å². The van der Waals surface area contributed by atoms with Gasteiger partial charge in [0.15, 0.2) is 5.82 Å². The van der Waals surface area contributed by atoms with Crippen molar-refractivity contribution in [2.24, 2.45) is 0 Å². The van der Waals surface area contributed by atoms with Gasteiger partial charge in [0.1, 0.15) is 33.7 Å². The molecule has 136 valence electrons. The Bertz CT molecular complexity index is 1010. The molecule has 3 aromatic heterocycles. The standard InChI is InChI=1S/C18H16N6OS2/c1-11(19)13(17-20-7-8-26-17)18-23-16(14(27-18)15-21-10-22-24-15)25-9-12-5-3-2-4-6-12/h2-8,10,13,19H,9H2,1H3,(H,21,22,24). The number of aromatic amines is 1. The van der Waals surface area contributed by atoms with Crippen LogP contribution in [0.5, 0.6) is 5.88 Å². The molecular weight excluding hydrogens is 380 g/mol. The smallest absolute Gasteiger partial charge is 0.236 e. The zero-order chi connectivity index (χ0) is 18.6. The molecule has 0 amide bonds. The first-order valence-electron chi connectivity index (χ1n) is 8.20. The number of aromatic nitrogens is 5. The number of hydrogen-bond donors (Lipinski definition) is 2.